The average Bonchev–Trinajstić information content (AvgIpc) is 3.05. The van der Waals surface area contributed by atoms with Gasteiger partial charge >= 0.3 is 5.97 Å². The predicted octanol–water partition coefficient (Wildman–Crippen LogP) is 5.07. The molecule has 0 aromatic carbocycles. The van der Waals surface area contributed by atoms with Gasteiger partial charge in [-0.15, -0.1) is 0 Å². The van der Waals surface area contributed by atoms with Gasteiger partial charge in [-0.05, 0) is 111 Å². The normalized spacial score (nSPS) is 46.2. The number of carbonyl (C=O) groups excluding carboxylic acids is 2. The Morgan fingerprint density at radius 1 is 1.05 bits per heavy atom. The van der Waals surface area contributed by atoms with E-state index in [9.17, 15) is 19.8 Å². The van der Waals surface area contributed by atoms with E-state index in [4.69, 9.17) is 10.5 Å². The fraction of sp³-hybridized carbons (Fsp3) is 0.806. The van der Waals surface area contributed by atoms with Gasteiger partial charge in [-0.1, -0.05) is 39.3 Å². The first-order chi connectivity index (χ1) is 17.2. The van der Waals surface area contributed by atoms with Crippen LogP contribution in [-0.4, -0.2) is 40.4 Å². The Labute approximate surface area is 223 Å². The van der Waals surface area contributed by atoms with Crippen LogP contribution in [0.5, 0.6) is 0 Å². The highest BCUT2D eigenvalue weighted by Crippen LogP contribution is 2.74. The summed E-state index contributed by atoms with van der Waals surface area (Å²) in [6.07, 6.45) is 6.82. The zero-order valence-corrected chi connectivity index (χ0v) is 24.0. The molecule has 1 amide bonds. The Morgan fingerprint density at radius 2 is 1.73 bits per heavy atom. The summed E-state index contributed by atoms with van der Waals surface area (Å²) in [4.78, 5) is 25.1. The molecule has 0 heterocycles. The molecule has 4 aliphatic carbocycles. The van der Waals surface area contributed by atoms with E-state index in [1.54, 1.807) is 0 Å². The van der Waals surface area contributed by atoms with Gasteiger partial charge in [0.15, 0.2) is 0 Å². The van der Waals surface area contributed by atoms with Gasteiger partial charge in [0.25, 0.3) is 0 Å². The van der Waals surface area contributed by atoms with Crippen molar-refractivity contribution < 1.29 is 24.5 Å². The van der Waals surface area contributed by atoms with Crippen LogP contribution < -0.4 is 5.73 Å². The first kappa shape index (κ1) is 28.4. The van der Waals surface area contributed by atoms with Gasteiger partial charge in [-0.2, -0.15) is 0 Å². The third-order valence-corrected chi connectivity index (χ3v) is 11.6. The molecule has 0 aromatic heterocycles. The molecule has 6 heteroatoms. The predicted molar refractivity (Wildman–Crippen MR) is 144 cm³/mol. The number of rotatable bonds is 5. The van der Waals surface area contributed by atoms with Gasteiger partial charge in [0.1, 0.15) is 6.10 Å². The molecule has 0 bridgehead atoms. The van der Waals surface area contributed by atoms with E-state index < -0.39 is 18.1 Å². The number of allylic oxidation sites excluding steroid dienone is 2. The molecule has 0 spiro atoms. The van der Waals surface area contributed by atoms with E-state index in [0.29, 0.717) is 37.2 Å². The minimum atomic E-state index is -0.531. The van der Waals surface area contributed by atoms with Crippen molar-refractivity contribution in [1.29, 1.82) is 0 Å². The minimum Gasteiger partial charge on any atom is -0.458 e. The molecule has 10 atom stereocenters. The molecule has 4 fully saturated rings. The minimum absolute atomic E-state index is 0.0710. The summed E-state index contributed by atoms with van der Waals surface area (Å²) in [5.41, 5.74) is 8.06. The number of hydrogen-bond acceptors (Lipinski definition) is 5. The molecule has 0 radical (unpaired) electrons. The lowest BCUT2D eigenvalue weighted by molar-refractivity contribution is -0.234. The van der Waals surface area contributed by atoms with Gasteiger partial charge in [-0.25, -0.2) is 0 Å². The van der Waals surface area contributed by atoms with E-state index in [2.05, 4.69) is 33.8 Å². The third-order valence-electron chi connectivity index (χ3n) is 11.6. The van der Waals surface area contributed by atoms with Crippen LogP contribution in [0.4, 0.5) is 0 Å². The molecule has 4 saturated carbocycles. The maximum absolute atomic E-state index is 12.8. The number of hydrogen-bond donors (Lipinski definition) is 3. The highest BCUT2D eigenvalue weighted by atomic mass is 16.5. The number of ether oxygens (including phenoxy) is 1. The number of carbonyl (C=O) groups is 2. The lowest BCUT2D eigenvalue weighted by Crippen LogP contribution is -2.65. The van der Waals surface area contributed by atoms with Crippen molar-refractivity contribution in [2.75, 3.05) is 0 Å². The molecule has 6 nitrogen and oxygen atoms in total. The summed E-state index contributed by atoms with van der Waals surface area (Å²) >= 11 is 0. The Morgan fingerprint density at radius 3 is 2.32 bits per heavy atom. The van der Waals surface area contributed by atoms with Crippen molar-refractivity contribution in [3.05, 3.63) is 22.8 Å². The molecule has 0 saturated heterocycles. The second kappa shape index (κ2) is 9.82. The number of aliphatic hydroxyl groups excluding tert-OH is 2. The van der Waals surface area contributed by atoms with Gasteiger partial charge in [-0.3, -0.25) is 9.59 Å². The molecule has 4 rings (SSSR count). The van der Waals surface area contributed by atoms with E-state index in [1.165, 1.54) is 12.5 Å². The van der Waals surface area contributed by atoms with Crippen LogP contribution in [-0.2, 0) is 14.3 Å². The summed E-state index contributed by atoms with van der Waals surface area (Å²) in [7, 11) is 0. The van der Waals surface area contributed by atoms with Crippen LogP contribution in [0, 0.1) is 39.9 Å². The molecule has 0 aliphatic heterocycles. The van der Waals surface area contributed by atoms with Crippen molar-refractivity contribution in [1.82, 2.24) is 0 Å². The van der Waals surface area contributed by atoms with Crippen molar-refractivity contribution in [3.8, 4) is 0 Å². The molecular weight excluding hydrogens is 466 g/mol. The van der Waals surface area contributed by atoms with Crippen LogP contribution >= 0.6 is 0 Å². The Bertz CT molecular complexity index is 998. The number of nitrogens with two attached hydrogens (primary N) is 1. The van der Waals surface area contributed by atoms with E-state index in [1.807, 2.05) is 13.8 Å². The van der Waals surface area contributed by atoms with Crippen LogP contribution in [0.2, 0.25) is 0 Å². The summed E-state index contributed by atoms with van der Waals surface area (Å²) < 4.78 is 5.93. The van der Waals surface area contributed by atoms with Crippen LogP contribution in [0.15, 0.2) is 22.8 Å². The Hall–Kier alpha value is -1.66. The van der Waals surface area contributed by atoms with Crippen molar-refractivity contribution >= 4 is 11.9 Å². The van der Waals surface area contributed by atoms with Crippen molar-refractivity contribution in [2.45, 2.75) is 118 Å². The van der Waals surface area contributed by atoms with Gasteiger partial charge in [0.05, 0.1) is 12.2 Å². The summed E-state index contributed by atoms with van der Waals surface area (Å²) in [6.45, 7) is 14.7. The number of aliphatic hydroxyl groups is 2. The fourth-order valence-corrected chi connectivity index (χ4v) is 9.82. The zero-order valence-electron chi connectivity index (χ0n) is 24.0. The second-order valence-electron chi connectivity index (χ2n) is 13.7. The van der Waals surface area contributed by atoms with Crippen molar-refractivity contribution in [2.24, 2.45) is 45.7 Å². The number of amides is 1. The van der Waals surface area contributed by atoms with E-state index >= 15 is 0 Å². The molecule has 208 valence electrons. The highest BCUT2D eigenvalue weighted by Gasteiger charge is 2.70. The molecule has 1 unspecified atom stereocenters. The number of esters is 1. The maximum atomic E-state index is 12.8. The van der Waals surface area contributed by atoms with Gasteiger partial charge < -0.3 is 20.7 Å². The maximum Gasteiger partial charge on any atom is 0.303 e. The number of primary amides is 1. The standard InChI is InChI=1S/C31H49NO5/c1-17(2)9-8-10-20(28(32)36)26-22-15-24(35)27-29(5)13-12-23(34)18(3)21(29)11-14-30(27,6)31(22,7)16-25(26)37-19(4)33/h9,18,21-25,27,34-35H,8,10-16H2,1-7H3,(H2,32,36)/b26-20-/t18-,21-,22-,23+,24+,25-,27?,29-,30-,31-/m0/s1. The Balaban J connectivity index is 1.82. The number of fused-ring (bicyclic) bond motifs is 5. The molecule has 4 N–H and O–H groups in total. The van der Waals surface area contributed by atoms with E-state index in [0.717, 1.165) is 31.3 Å². The summed E-state index contributed by atoms with van der Waals surface area (Å²) in [5.74, 6) is -0.221. The largest absolute Gasteiger partial charge is 0.458 e. The smallest absolute Gasteiger partial charge is 0.303 e. The van der Waals surface area contributed by atoms with Crippen molar-refractivity contribution in [3.63, 3.8) is 0 Å². The lowest BCUT2D eigenvalue weighted by Gasteiger charge is -2.69. The molecular formula is C31H49NO5. The van der Waals surface area contributed by atoms with Crippen LogP contribution in [0.1, 0.15) is 99.8 Å². The van der Waals surface area contributed by atoms with Crippen LogP contribution in [0.3, 0.4) is 0 Å². The van der Waals surface area contributed by atoms with E-state index in [-0.39, 0.29) is 46.1 Å². The third kappa shape index (κ3) is 4.40. The highest BCUT2D eigenvalue weighted by molar-refractivity contribution is 5.93. The topological polar surface area (TPSA) is 110 Å². The Kier molecular flexibility index (Phi) is 7.53. The van der Waals surface area contributed by atoms with Gasteiger partial charge in [0.2, 0.25) is 5.91 Å². The monoisotopic (exact) mass is 515 g/mol. The average molecular weight is 516 g/mol. The fourth-order valence-electron chi connectivity index (χ4n) is 9.82. The van der Waals surface area contributed by atoms with Gasteiger partial charge in [0, 0.05) is 12.5 Å². The first-order valence-electron chi connectivity index (χ1n) is 14.4. The lowest BCUT2D eigenvalue weighted by atomic mass is 9.36. The van der Waals surface area contributed by atoms with Crippen LogP contribution in [0.25, 0.3) is 0 Å². The molecule has 4 aliphatic rings. The summed E-state index contributed by atoms with van der Waals surface area (Å²) in [6, 6.07) is 0. The molecule has 37 heavy (non-hydrogen) atoms. The quantitative estimate of drug-likeness (QED) is 0.269. The second-order valence-corrected chi connectivity index (χ2v) is 13.7. The first-order valence-corrected chi connectivity index (χ1v) is 14.4. The zero-order chi connectivity index (χ0) is 27.5. The summed E-state index contributed by atoms with van der Waals surface area (Å²) in [5, 5.41) is 22.6. The molecule has 0 aromatic rings. The SMILES string of the molecule is CC(=O)O[C@H]1C[C@@]2(C)[C@@H](C[C@@H](O)C3[C@]2(C)CC[C@H]2[C@H](C)[C@H](O)CC[C@]32C)/C1=C(\CCC=C(C)C)C(N)=O.